The van der Waals surface area contributed by atoms with E-state index < -0.39 is 29.9 Å². The monoisotopic (exact) mass is 310 g/mol. The highest BCUT2D eigenvalue weighted by atomic mass is 19.4. The normalized spacial score (nSPS) is 11.7. The van der Waals surface area contributed by atoms with Crippen molar-refractivity contribution in [3.05, 3.63) is 15.8 Å². The first-order chi connectivity index (χ1) is 9.71. The summed E-state index contributed by atoms with van der Waals surface area (Å²) in [6.45, 7) is -0.522. The maximum atomic E-state index is 12.6. The van der Waals surface area contributed by atoms with E-state index in [4.69, 9.17) is 5.11 Å². The summed E-state index contributed by atoms with van der Waals surface area (Å²) in [5.41, 5.74) is -0.290. The highest BCUT2D eigenvalue weighted by Gasteiger charge is 2.36. The summed E-state index contributed by atoms with van der Waals surface area (Å²) in [6.07, 6.45) is -3.67. The van der Waals surface area contributed by atoms with Crippen LogP contribution in [0.4, 0.5) is 24.7 Å². The van der Waals surface area contributed by atoms with E-state index in [1.54, 1.807) is 6.92 Å². The minimum absolute atomic E-state index is 0.144. The van der Waals surface area contributed by atoms with Gasteiger partial charge in [-0.15, -0.1) is 0 Å². The molecule has 1 aromatic heterocycles. The zero-order valence-electron chi connectivity index (χ0n) is 11.7. The van der Waals surface area contributed by atoms with Crippen LogP contribution in [0, 0.1) is 10.1 Å². The van der Waals surface area contributed by atoms with Crippen LogP contribution in [-0.2, 0) is 13.5 Å². The van der Waals surface area contributed by atoms with Crippen LogP contribution in [0.15, 0.2) is 0 Å². The van der Waals surface area contributed by atoms with E-state index in [-0.39, 0.29) is 18.1 Å². The molecule has 1 rings (SSSR count). The van der Waals surface area contributed by atoms with Gasteiger partial charge in [0.2, 0.25) is 5.82 Å². The van der Waals surface area contributed by atoms with Crippen molar-refractivity contribution < 1.29 is 23.2 Å². The maximum Gasteiger partial charge on any atom is 0.405 e. The molecule has 0 aliphatic rings. The second kappa shape index (κ2) is 6.74. The first-order valence-corrected chi connectivity index (χ1v) is 6.34. The molecule has 0 aliphatic carbocycles. The number of aliphatic hydroxyl groups excluding tert-OH is 1. The number of alkyl halides is 3. The molecule has 0 aromatic carbocycles. The number of hydrogen-bond acceptors (Lipinski definition) is 5. The molecule has 1 aromatic rings. The predicted octanol–water partition coefficient (Wildman–Crippen LogP) is 1.64. The SMILES string of the molecule is CCCc1nn(C)c(N(CCO)CC(F)(F)F)c1[N+](=O)[O-]. The number of rotatable bonds is 7. The Morgan fingerprint density at radius 2 is 2.10 bits per heavy atom. The number of aliphatic hydroxyl groups is 1. The standard InChI is InChI=1S/C11H17F3N4O3/c1-3-4-8-9(18(20)21)10(16(2)15-8)17(5-6-19)7-11(12,13)14/h19H,3-7H2,1-2H3. The number of aryl methyl sites for hydroxylation is 2. The largest absolute Gasteiger partial charge is 0.405 e. The van der Waals surface area contributed by atoms with E-state index in [2.05, 4.69) is 5.10 Å². The maximum absolute atomic E-state index is 12.6. The third-order valence-electron chi connectivity index (χ3n) is 2.77. The minimum atomic E-state index is -4.54. The van der Waals surface area contributed by atoms with E-state index in [9.17, 15) is 23.3 Å². The highest BCUT2D eigenvalue weighted by Crippen LogP contribution is 2.33. The Bertz CT molecular complexity index is 502. The van der Waals surface area contributed by atoms with Gasteiger partial charge < -0.3 is 10.0 Å². The molecule has 0 saturated carbocycles. The molecule has 0 bridgehead atoms. The van der Waals surface area contributed by atoms with Gasteiger partial charge in [0.05, 0.1) is 11.5 Å². The first kappa shape index (κ1) is 17.2. The van der Waals surface area contributed by atoms with E-state index in [0.29, 0.717) is 12.8 Å². The van der Waals surface area contributed by atoms with Crippen LogP contribution in [0.2, 0.25) is 0 Å². The molecule has 0 amide bonds. The van der Waals surface area contributed by atoms with Crippen molar-refractivity contribution in [2.75, 3.05) is 24.6 Å². The molecule has 21 heavy (non-hydrogen) atoms. The van der Waals surface area contributed by atoms with Gasteiger partial charge in [0, 0.05) is 13.6 Å². The molecular weight excluding hydrogens is 293 g/mol. The molecule has 7 nitrogen and oxygen atoms in total. The molecule has 1 heterocycles. The molecule has 0 fully saturated rings. The minimum Gasteiger partial charge on any atom is -0.395 e. The third-order valence-corrected chi connectivity index (χ3v) is 2.77. The average molecular weight is 310 g/mol. The van der Waals surface area contributed by atoms with E-state index in [0.717, 1.165) is 9.58 Å². The van der Waals surface area contributed by atoms with Gasteiger partial charge in [-0.2, -0.15) is 18.3 Å². The van der Waals surface area contributed by atoms with Crippen molar-refractivity contribution in [2.45, 2.75) is 25.9 Å². The fourth-order valence-corrected chi connectivity index (χ4v) is 2.10. The van der Waals surface area contributed by atoms with Crippen LogP contribution in [-0.4, -0.2) is 45.7 Å². The summed E-state index contributed by atoms with van der Waals surface area (Å²) in [5.74, 6) is -0.241. The molecule has 10 heteroatoms. The van der Waals surface area contributed by atoms with E-state index in [1.807, 2.05) is 0 Å². The molecule has 120 valence electrons. The lowest BCUT2D eigenvalue weighted by Gasteiger charge is -2.24. The number of hydrogen-bond donors (Lipinski definition) is 1. The second-order valence-electron chi connectivity index (χ2n) is 4.51. The van der Waals surface area contributed by atoms with Gasteiger partial charge in [-0.05, 0) is 6.42 Å². The molecule has 0 atom stereocenters. The van der Waals surface area contributed by atoms with Gasteiger partial charge in [-0.25, -0.2) is 4.68 Å². The Kier molecular flexibility index (Phi) is 5.53. The average Bonchev–Trinajstić information content (AvgIpc) is 2.64. The Morgan fingerprint density at radius 1 is 1.48 bits per heavy atom. The lowest BCUT2D eigenvalue weighted by atomic mass is 10.2. The number of aromatic nitrogens is 2. The zero-order chi connectivity index (χ0) is 16.2. The summed E-state index contributed by atoms with van der Waals surface area (Å²) < 4.78 is 38.9. The molecule has 0 spiro atoms. The van der Waals surface area contributed by atoms with Crippen molar-refractivity contribution in [1.82, 2.24) is 9.78 Å². The van der Waals surface area contributed by atoms with Crippen LogP contribution < -0.4 is 4.90 Å². The van der Waals surface area contributed by atoms with Crippen molar-refractivity contribution in [1.29, 1.82) is 0 Å². The molecule has 1 N–H and O–H groups in total. The zero-order valence-corrected chi connectivity index (χ0v) is 11.7. The molecular formula is C11H17F3N4O3. The summed E-state index contributed by atoms with van der Waals surface area (Å²) >= 11 is 0. The lowest BCUT2D eigenvalue weighted by molar-refractivity contribution is -0.384. The van der Waals surface area contributed by atoms with Crippen LogP contribution in [0.5, 0.6) is 0 Å². The second-order valence-corrected chi connectivity index (χ2v) is 4.51. The van der Waals surface area contributed by atoms with Crippen LogP contribution >= 0.6 is 0 Å². The van der Waals surface area contributed by atoms with Gasteiger partial charge in [-0.1, -0.05) is 13.3 Å². The summed E-state index contributed by atoms with van der Waals surface area (Å²) in [6, 6.07) is 0. The van der Waals surface area contributed by atoms with Gasteiger partial charge in [0.25, 0.3) is 0 Å². The molecule has 0 radical (unpaired) electrons. The van der Waals surface area contributed by atoms with Crippen LogP contribution in [0.1, 0.15) is 19.0 Å². The fraction of sp³-hybridized carbons (Fsp3) is 0.727. The summed E-state index contributed by atoms with van der Waals surface area (Å²) in [7, 11) is 1.35. The Morgan fingerprint density at radius 3 is 2.52 bits per heavy atom. The smallest absolute Gasteiger partial charge is 0.395 e. The molecule has 0 unspecified atom stereocenters. The van der Waals surface area contributed by atoms with Crippen molar-refractivity contribution in [2.24, 2.45) is 7.05 Å². The lowest BCUT2D eigenvalue weighted by Crippen LogP contribution is -2.37. The summed E-state index contributed by atoms with van der Waals surface area (Å²) in [5, 5.41) is 24.0. The number of nitro groups is 1. The Hall–Kier alpha value is -1.84. The Balaban J connectivity index is 3.32. The van der Waals surface area contributed by atoms with Crippen molar-refractivity contribution in [3.8, 4) is 0 Å². The van der Waals surface area contributed by atoms with Crippen molar-refractivity contribution in [3.63, 3.8) is 0 Å². The highest BCUT2D eigenvalue weighted by molar-refractivity contribution is 5.61. The van der Waals surface area contributed by atoms with E-state index in [1.165, 1.54) is 7.05 Å². The summed E-state index contributed by atoms with van der Waals surface area (Å²) in [4.78, 5) is 11.2. The van der Waals surface area contributed by atoms with E-state index >= 15 is 0 Å². The fourth-order valence-electron chi connectivity index (χ4n) is 2.10. The number of nitrogens with zero attached hydrogens (tertiary/aromatic N) is 4. The van der Waals surface area contributed by atoms with Gasteiger partial charge in [0.1, 0.15) is 12.2 Å². The third kappa shape index (κ3) is 4.31. The van der Waals surface area contributed by atoms with Crippen molar-refractivity contribution >= 4 is 11.5 Å². The molecule has 0 aliphatic heterocycles. The van der Waals surface area contributed by atoms with Crippen LogP contribution in [0.25, 0.3) is 0 Å². The molecule has 0 saturated heterocycles. The topological polar surface area (TPSA) is 84.4 Å². The number of halogens is 3. The number of anilines is 1. The quantitative estimate of drug-likeness (QED) is 0.611. The first-order valence-electron chi connectivity index (χ1n) is 6.34. The Labute approximate surface area is 119 Å². The van der Waals surface area contributed by atoms with Gasteiger partial charge >= 0.3 is 11.9 Å². The predicted molar refractivity (Wildman–Crippen MR) is 69.2 cm³/mol. The van der Waals surface area contributed by atoms with Gasteiger partial charge in [0.15, 0.2) is 0 Å². The van der Waals surface area contributed by atoms with Gasteiger partial charge in [-0.3, -0.25) is 10.1 Å². The van der Waals surface area contributed by atoms with Crippen LogP contribution in [0.3, 0.4) is 0 Å².